The highest BCUT2D eigenvalue weighted by atomic mass is 32.1. The first-order valence-corrected chi connectivity index (χ1v) is 15.5. The molecule has 6 N–H and O–H groups in total. The summed E-state index contributed by atoms with van der Waals surface area (Å²) in [4.78, 5) is 24.3. The number of amides is 2. The Labute approximate surface area is 289 Å². The fraction of sp³-hybridized carbons (Fsp3) is 0.176. The zero-order valence-electron chi connectivity index (χ0n) is 26.3. The SMILES string of the molecule is COc1ccc(NC(=S)NNC(=O)COc2ccc(CCc3ccc(OCC(=O)NNC(=S)Nc4ccc(OC)cc4)cc3)cc2)cc1. The number of carbonyl (C=O) groups is 2. The van der Waals surface area contributed by atoms with Crippen molar-refractivity contribution in [2.75, 3.05) is 38.1 Å². The first-order valence-electron chi connectivity index (χ1n) is 14.7. The minimum atomic E-state index is -0.384. The van der Waals surface area contributed by atoms with E-state index in [0.717, 1.165) is 46.8 Å². The number of benzene rings is 4. The van der Waals surface area contributed by atoms with Crippen LogP contribution in [0, 0.1) is 0 Å². The Kier molecular flexibility index (Phi) is 13.6. The molecule has 0 saturated carbocycles. The molecule has 250 valence electrons. The van der Waals surface area contributed by atoms with E-state index in [1.165, 1.54) is 0 Å². The van der Waals surface area contributed by atoms with Crippen LogP contribution in [0.3, 0.4) is 0 Å². The van der Waals surface area contributed by atoms with E-state index >= 15 is 0 Å². The highest BCUT2D eigenvalue weighted by molar-refractivity contribution is 7.80. The van der Waals surface area contributed by atoms with E-state index in [1.807, 2.05) is 48.5 Å². The summed E-state index contributed by atoms with van der Waals surface area (Å²) >= 11 is 10.4. The monoisotopic (exact) mass is 688 g/mol. The molecule has 2 amide bonds. The highest BCUT2D eigenvalue weighted by Crippen LogP contribution is 2.18. The van der Waals surface area contributed by atoms with Crippen molar-refractivity contribution in [3.05, 3.63) is 108 Å². The van der Waals surface area contributed by atoms with Crippen LogP contribution in [0.15, 0.2) is 97.1 Å². The lowest BCUT2D eigenvalue weighted by Crippen LogP contribution is -2.45. The maximum Gasteiger partial charge on any atom is 0.276 e. The van der Waals surface area contributed by atoms with Crippen LogP contribution in [-0.2, 0) is 22.4 Å². The van der Waals surface area contributed by atoms with Gasteiger partial charge in [-0.15, -0.1) is 0 Å². The largest absolute Gasteiger partial charge is 0.497 e. The summed E-state index contributed by atoms with van der Waals surface area (Å²) in [7, 11) is 3.18. The molecular weight excluding hydrogens is 653 g/mol. The predicted molar refractivity (Wildman–Crippen MR) is 192 cm³/mol. The van der Waals surface area contributed by atoms with Crippen LogP contribution < -0.4 is 51.3 Å². The summed E-state index contributed by atoms with van der Waals surface area (Å²) in [5, 5.41) is 6.38. The molecule has 0 fully saturated rings. The maximum absolute atomic E-state index is 12.2. The smallest absolute Gasteiger partial charge is 0.276 e. The second kappa shape index (κ2) is 18.5. The summed E-state index contributed by atoms with van der Waals surface area (Å²) in [6.45, 7) is -0.362. The lowest BCUT2D eigenvalue weighted by atomic mass is 10.0. The number of nitrogens with one attached hydrogen (secondary N) is 6. The molecule has 4 aromatic rings. The van der Waals surface area contributed by atoms with Gasteiger partial charge in [-0.05, 0) is 121 Å². The number of aryl methyl sites for hydroxylation is 2. The molecule has 0 radical (unpaired) electrons. The Morgan fingerprint density at radius 3 is 1.17 bits per heavy atom. The molecule has 0 bridgehead atoms. The second-order valence-corrected chi connectivity index (χ2v) is 10.9. The molecule has 0 aliphatic heterocycles. The number of thiocarbonyl (C=S) groups is 2. The van der Waals surface area contributed by atoms with E-state index in [0.29, 0.717) is 11.5 Å². The molecule has 0 heterocycles. The molecule has 0 atom stereocenters. The zero-order valence-corrected chi connectivity index (χ0v) is 28.0. The normalized spacial score (nSPS) is 10.1. The number of anilines is 2. The van der Waals surface area contributed by atoms with Gasteiger partial charge < -0.3 is 29.6 Å². The molecule has 0 spiro atoms. The van der Waals surface area contributed by atoms with Gasteiger partial charge in [0, 0.05) is 11.4 Å². The van der Waals surface area contributed by atoms with Gasteiger partial charge >= 0.3 is 0 Å². The molecule has 0 aromatic heterocycles. The molecule has 48 heavy (non-hydrogen) atoms. The van der Waals surface area contributed by atoms with Crippen LogP contribution >= 0.6 is 24.4 Å². The van der Waals surface area contributed by atoms with Crippen LogP contribution in [-0.4, -0.2) is 49.5 Å². The number of methoxy groups -OCH3 is 2. The molecule has 4 aromatic carbocycles. The van der Waals surface area contributed by atoms with Gasteiger partial charge in [-0.1, -0.05) is 24.3 Å². The molecule has 14 heteroatoms. The van der Waals surface area contributed by atoms with Gasteiger partial charge in [0.1, 0.15) is 23.0 Å². The number of rotatable bonds is 13. The van der Waals surface area contributed by atoms with Gasteiger partial charge in [0.25, 0.3) is 11.8 Å². The van der Waals surface area contributed by atoms with E-state index in [1.54, 1.807) is 62.8 Å². The van der Waals surface area contributed by atoms with Gasteiger partial charge in [0.05, 0.1) is 14.2 Å². The standard InChI is InChI=1S/C34H36N6O6S2/c1-43-27-17-9-25(10-18-27)35-33(47)39-37-31(41)21-45-29-13-5-23(6-14-29)3-4-24-7-15-30(16-8-24)46-22-32(42)38-40-34(48)36-26-11-19-28(44-2)20-12-26/h5-20H,3-4,21-22H2,1-2H3,(H,37,41)(H,38,42)(H2,35,39,47)(H2,36,40,48). The number of hydrazine groups is 2. The van der Waals surface area contributed by atoms with Crippen molar-refractivity contribution in [3.63, 3.8) is 0 Å². The summed E-state index contributed by atoms with van der Waals surface area (Å²) in [5.74, 6) is 1.83. The van der Waals surface area contributed by atoms with Crippen molar-refractivity contribution < 1.29 is 28.5 Å². The van der Waals surface area contributed by atoms with Crippen molar-refractivity contribution in [2.45, 2.75) is 12.8 Å². The number of carbonyl (C=O) groups excluding carboxylic acids is 2. The molecule has 12 nitrogen and oxygen atoms in total. The summed E-state index contributed by atoms with van der Waals surface area (Å²) in [5.41, 5.74) is 14.0. The number of hydrogen-bond donors (Lipinski definition) is 6. The summed E-state index contributed by atoms with van der Waals surface area (Å²) in [6.07, 6.45) is 1.62. The third kappa shape index (κ3) is 12.3. The topological polar surface area (TPSA) is 143 Å². The van der Waals surface area contributed by atoms with Gasteiger partial charge in [0.2, 0.25) is 0 Å². The minimum Gasteiger partial charge on any atom is -0.497 e. The van der Waals surface area contributed by atoms with Crippen molar-refractivity contribution in [1.29, 1.82) is 0 Å². The lowest BCUT2D eigenvalue weighted by molar-refractivity contribution is -0.124. The molecule has 0 aliphatic rings. The summed E-state index contributed by atoms with van der Waals surface area (Å²) < 4.78 is 21.4. The average Bonchev–Trinajstić information content (AvgIpc) is 3.12. The van der Waals surface area contributed by atoms with Crippen molar-refractivity contribution in [1.82, 2.24) is 21.7 Å². The van der Waals surface area contributed by atoms with Gasteiger partial charge in [0.15, 0.2) is 23.4 Å². The van der Waals surface area contributed by atoms with E-state index in [2.05, 4.69) is 32.3 Å². The zero-order chi connectivity index (χ0) is 34.1. The number of ether oxygens (including phenoxy) is 4. The van der Waals surface area contributed by atoms with Crippen LogP contribution in [0.4, 0.5) is 11.4 Å². The molecular formula is C34H36N6O6S2. The number of hydrogen-bond acceptors (Lipinski definition) is 8. The Hall–Kier alpha value is -5.60. The van der Waals surface area contributed by atoms with Crippen LogP contribution in [0.1, 0.15) is 11.1 Å². The maximum atomic E-state index is 12.2. The predicted octanol–water partition coefficient (Wildman–Crippen LogP) is 4.28. The van der Waals surface area contributed by atoms with E-state index in [-0.39, 0.29) is 35.3 Å². The quantitative estimate of drug-likeness (QED) is 0.0882. The van der Waals surface area contributed by atoms with Gasteiger partial charge in [-0.2, -0.15) is 0 Å². The van der Waals surface area contributed by atoms with Gasteiger partial charge in [-0.25, -0.2) is 0 Å². The first kappa shape index (κ1) is 35.3. The van der Waals surface area contributed by atoms with Crippen LogP contribution in [0.25, 0.3) is 0 Å². The van der Waals surface area contributed by atoms with Crippen LogP contribution in [0.2, 0.25) is 0 Å². The molecule has 0 saturated heterocycles. The molecule has 0 aliphatic carbocycles. The Balaban J connectivity index is 1.08. The van der Waals surface area contributed by atoms with Crippen LogP contribution in [0.5, 0.6) is 23.0 Å². The van der Waals surface area contributed by atoms with Crippen molar-refractivity contribution in [2.24, 2.45) is 0 Å². The Morgan fingerprint density at radius 1 is 0.500 bits per heavy atom. The Bertz CT molecular complexity index is 1530. The second-order valence-electron chi connectivity index (χ2n) is 10.1. The first-order chi connectivity index (χ1) is 23.3. The third-order valence-electron chi connectivity index (χ3n) is 6.62. The molecule has 0 unspecified atom stereocenters. The van der Waals surface area contributed by atoms with Crippen molar-refractivity contribution >= 4 is 57.8 Å². The Morgan fingerprint density at radius 2 is 0.833 bits per heavy atom. The third-order valence-corrected chi connectivity index (χ3v) is 7.02. The van der Waals surface area contributed by atoms with E-state index in [9.17, 15) is 9.59 Å². The fourth-order valence-corrected chi connectivity index (χ4v) is 4.43. The van der Waals surface area contributed by atoms with Crippen molar-refractivity contribution in [3.8, 4) is 23.0 Å². The highest BCUT2D eigenvalue weighted by Gasteiger charge is 2.07. The summed E-state index contributed by atoms with van der Waals surface area (Å²) in [6, 6.07) is 29.5. The fourth-order valence-electron chi connectivity index (χ4n) is 4.09. The minimum absolute atomic E-state index is 0.181. The lowest BCUT2D eigenvalue weighted by Gasteiger charge is -2.13. The van der Waals surface area contributed by atoms with E-state index < -0.39 is 0 Å². The average molecular weight is 689 g/mol. The molecule has 4 rings (SSSR count). The van der Waals surface area contributed by atoms with Gasteiger partial charge in [-0.3, -0.25) is 31.3 Å². The van der Waals surface area contributed by atoms with E-state index in [4.69, 9.17) is 43.4 Å².